The Labute approximate surface area is 126 Å². The summed E-state index contributed by atoms with van der Waals surface area (Å²) in [6.07, 6.45) is 4.49. The molecule has 102 valence electrons. The molecule has 0 saturated heterocycles. The molecular formula is C11H7Cl2N5OS. The maximum atomic E-state index is 11.6. The third kappa shape index (κ3) is 2.28. The van der Waals surface area contributed by atoms with Gasteiger partial charge in [0.25, 0.3) is 0 Å². The summed E-state index contributed by atoms with van der Waals surface area (Å²) in [6, 6.07) is 3.27. The van der Waals surface area contributed by atoms with Gasteiger partial charge in [0.2, 0.25) is 5.16 Å². The quantitative estimate of drug-likeness (QED) is 0.721. The average molecular weight is 328 g/mol. The van der Waals surface area contributed by atoms with Crippen LogP contribution >= 0.6 is 23.2 Å². The first-order valence-electron chi connectivity index (χ1n) is 5.42. The fraction of sp³-hybridized carbons (Fsp3) is 0.0909. The number of nitrogens with zero attached hydrogens (tertiary/aromatic N) is 5. The van der Waals surface area contributed by atoms with E-state index in [9.17, 15) is 4.21 Å². The third-order valence-corrected chi connectivity index (χ3v) is 4.11. The molecule has 0 radical (unpaired) electrons. The SMILES string of the molecule is CS(=O)c1nncn1-c1cnc2cc(Cl)c(Cl)cc2n1. The molecule has 9 heteroatoms. The lowest BCUT2D eigenvalue weighted by Gasteiger charge is -2.05. The number of hydrogen-bond donors (Lipinski definition) is 0. The van der Waals surface area contributed by atoms with Gasteiger partial charge < -0.3 is 0 Å². The van der Waals surface area contributed by atoms with Crippen LogP contribution < -0.4 is 0 Å². The molecule has 0 fully saturated rings. The van der Waals surface area contributed by atoms with Gasteiger partial charge in [0.1, 0.15) is 6.33 Å². The maximum Gasteiger partial charge on any atom is 0.226 e. The molecule has 0 N–H and O–H groups in total. The molecule has 0 spiro atoms. The lowest BCUT2D eigenvalue weighted by atomic mass is 10.3. The van der Waals surface area contributed by atoms with Crippen LogP contribution in [0.5, 0.6) is 0 Å². The van der Waals surface area contributed by atoms with Crippen molar-refractivity contribution in [2.45, 2.75) is 5.16 Å². The topological polar surface area (TPSA) is 73.6 Å². The second kappa shape index (κ2) is 5.08. The number of hydrogen-bond acceptors (Lipinski definition) is 5. The van der Waals surface area contributed by atoms with Gasteiger partial charge in [0.15, 0.2) is 5.82 Å². The van der Waals surface area contributed by atoms with E-state index in [1.165, 1.54) is 23.3 Å². The summed E-state index contributed by atoms with van der Waals surface area (Å²) in [5.74, 6) is 0.464. The molecule has 2 aromatic heterocycles. The van der Waals surface area contributed by atoms with Crippen LogP contribution in [-0.2, 0) is 10.8 Å². The van der Waals surface area contributed by atoms with E-state index in [-0.39, 0.29) is 0 Å². The molecule has 6 nitrogen and oxygen atoms in total. The van der Waals surface area contributed by atoms with Crippen molar-refractivity contribution in [3.8, 4) is 5.82 Å². The number of halogens is 2. The summed E-state index contributed by atoms with van der Waals surface area (Å²) < 4.78 is 13.1. The van der Waals surface area contributed by atoms with E-state index in [1.54, 1.807) is 12.1 Å². The van der Waals surface area contributed by atoms with Crippen LogP contribution in [0.15, 0.2) is 29.8 Å². The van der Waals surface area contributed by atoms with E-state index in [4.69, 9.17) is 23.2 Å². The molecule has 0 aliphatic carbocycles. The van der Waals surface area contributed by atoms with Gasteiger partial charge in [-0.2, -0.15) is 0 Å². The van der Waals surface area contributed by atoms with Gasteiger partial charge in [-0.15, -0.1) is 10.2 Å². The van der Waals surface area contributed by atoms with E-state index in [0.29, 0.717) is 32.1 Å². The zero-order valence-electron chi connectivity index (χ0n) is 10.1. The first-order chi connectivity index (χ1) is 9.56. The Hall–Kier alpha value is -1.57. The smallest absolute Gasteiger partial charge is 0.226 e. The molecule has 0 amide bonds. The van der Waals surface area contributed by atoms with Crippen molar-refractivity contribution in [2.24, 2.45) is 0 Å². The molecule has 0 bridgehead atoms. The molecule has 2 heterocycles. The lowest BCUT2D eigenvalue weighted by molar-refractivity contribution is 0.675. The van der Waals surface area contributed by atoms with Crippen LogP contribution in [0.1, 0.15) is 0 Å². The summed E-state index contributed by atoms with van der Waals surface area (Å²) in [5, 5.41) is 8.66. The summed E-state index contributed by atoms with van der Waals surface area (Å²) in [5.41, 5.74) is 1.20. The first-order valence-corrected chi connectivity index (χ1v) is 7.73. The minimum absolute atomic E-state index is 0.304. The molecular weight excluding hydrogens is 321 g/mol. The largest absolute Gasteiger partial charge is 0.257 e. The normalized spacial score (nSPS) is 12.8. The third-order valence-electron chi connectivity index (χ3n) is 2.59. The second-order valence-corrected chi connectivity index (χ2v) is 6.01. The number of fused-ring (bicyclic) bond motifs is 1. The van der Waals surface area contributed by atoms with Gasteiger partial charge in [0.05, 0.1) is 38.1 Å². The Bertz CT molecular complexity index is 835. The van der Waals surface area contributed by atoms with Crippen molar-refractivity contribution in [2.75, 3.05) is 6.26 Å². The van der Waals surface area contributed by atoms with Crippen molar-refractivity contribution in [1.82, 2.24) is 24.7 Å². The summed E-state index contributed by atoms with van der Waals surface area (Å²) in [4.78, 5) is 8.66. The van der Waals surface area contributed by atoms with Crippen LogP contribution in [0.25, 0.3) is 16.9 Å². The van der Waals surface area contributed by atoms with Gasteiger partial charge in [-0.05, 0) is 12.1 Å². The average Bonchev–Trinajstić information content (AvgIpc) is 2.89. The van der Waals surface area contributed by atoms with Crippen molar-refractivity contribution >= 4 is 45.0 Å². The van der Waals surface area contributed by atoms with Crippen molar-refractivity contribution in [1.29, 1.82) is 0 Å². The molecule has 1 atom stereocenters. The fourth-order valence-electron chi connectivity index (χ4n) is 1.69. The highest BCUT2D eigenvalue weighted by molar-refractivity contribution is 7.84. The summed E-state index contributed by atoms with van der Waals surface area (Å²) >= 11 is 11.9. The van der Waals surface area contributed by atoms with Gasteiger partial charge >= 0.3 is 0 Å². The maximum absolute atomic E-state index is 11.6. The van der Waals surface area contributed by atoms with Gasteiger partial charge in [-0.25, -0.2) is 4.98 Å². The Balaban J connectivity index is 2.20. The Morgan fingerprint density at radius 2 is 1.90 bits per heavy atom. The zero-order chi connectivity index (χ0) is 14.3. The van der Waals surface area contributed by atoms with E-state index >= 15 is 0 Å². The first kappa shape index (κ1) is 13.4. The molecule has 0 aliphatic heterocycles. The fourth-order valence-corrected chi connectivity index (χ4v) is 2.59. The van der Waals surface area contributed by atoms with Crippen LogP contribution in [0, 0.1) is 0 Å². The summed E-state index contributed by atoms with van der Waals surface area (Å²) in [6.45, 7) is 0. The highest BCUT2D eigenvalue weighted by Crippen LogP contribution is 2.26. The molecule has 0 saturated carbocycles. The number of aromatic nitrogens is 5. The van der Waals surface area contributed by atoms with Gasteiger partial charge in [0, 0.05) is 6.26 Å². The van der Waals surface area contributed by atoms with Crippen LogP contribution in [-0.4, -0.2) is 35.2 Å². The number of rotatable bonds is 2. The number of benzene rings is 1. The second-order valence-electron chi connectivity index (χ2n) is 3.92. The van der Waals surface area contributed by atoms with Gasteiger partial charge in [-0.3, -0.25) is 13.8 Å². The zero-order valence-corrected chi connectivity index (χ0v) is 12.4. The Morgan fingerprint density at radius 1 is 1.20 bits per heavy atom. The van der Waals surface area contributed by atoms with E-state index in [2.05, 4.69) is 20.2 Å². The van der Waals surface area contributed by atoms with Crippen LogP contribution in [0.4, 0.5) is 0 Å². The molecule has 3 aromatic rings. The van der Waals surface area contributed by atoms with Crippen LogP contribution in [0.3, 0.4) is 0 Å². The highest BCUT2D eigenvalue weighted by atomic mass is 35.5. The predicted octanol–water partition coefficient (Wildman–Crippen LogP) is 2.25. The molecule has 3 rings (SSSR count). The lowest BCUT2D eigenvalue weighted by Crippen LogP contribution is -2.04. The van der Waals surface area contributed by atoms with Crippen molar-refractivity contribution < 1.29 is 4.21 Å². The van der Waals surface area contributed by atoms with Crippen molar-refractivity contribution in [3.05, 3.63) is 34.7 Å². The summed E-state index contributed by atoms with van der Waals surface area (Å²) in [7, 11) is -1.28. The van der Waals surface area contributed by atoms with E-state index < -0.39 is 10.8 Å². The minimum Gasteiger partial charge on any atom is -0.257 e. The van der Waals surface area contributed by atoms with E-state index in [1.807, 2.05) is 0 Å². The Morgan fingerprint density at radius 3 is 2.60 bits per heavy atom. The molecule has 1 aromatic carbocycles. The monoisotopic (exact) mass is 327 g/mol. The van der Waals surface area contributed by atoms with E-state index in [0.717, 1.165) is 0 Å². The van der Waals surface area contributed by atoms with Crippen molar-refractivity contribution in [3.63, 3.8) is 0 Å². The standard InChI is InChI=1S/C11H7Cl2N5OS/c1-20(19)11-17-15-5-18(11)10-4-14-8-2-6(12)7(13)3-9(8)16-10/h2-5H,1H3. The Kier molecular flexibility index (Phi) is 3.41. The molecule has 1 unspecified atom stereocenters. The van der Waals surface area contributed by atoms with Gasteiger partial charge in [-0.1, -0.05) is 23.2 Å². The predicted molar refractivity (Wildman–Crippen MR) is 76.8 cm³/mol. The minimum atomic E-state index is -1.28. The molecule has 20 heavy (non-hydrogen) atoms. The van der Waals surface area contributed by atoms with Crippen LogP contribution in [0.2, 0.25) is 10.0 Å². The highest BCUT2D eigenvalue weighted by Gasteiger charge is 2.12. The molecule has 0 aliphatic rings.